The lowest BCUT2D eigenvalue weighted by atomic mass is 10.1. The van der Waals surface area contributed by atoms with Crippen molar-refractivity contribution in [1.82, 2.24) is 0 Å². The topological polar surface area (TPSA) is 102 Å². The van der Waals surface area contributed by atoms with Gasteiger partial charge >= 0.3 is 13.6 Å². The van der Waals surface area contributed by atoms with E-state index in [1.807, 2.05) is 0 Å². The third-order valence-corrected chi connectivity index (χ3v) is 7.22. The molecule has 1 atom stereocenters. The lowest BCUT2D eigenvalue weighted by Crippen LogP contribution is -2.19. The second-order valence-electron chi connectivity index (χ2n) is 8.15. The monoisotopic (exact) mass is 509 g/mol. The van der Waals surface area contributed by atoms with Gasteiger partial charge in [0.2, 0.25) is 5.75 Å². The molecule has 2 aromatic carbocycles. The van der Waals surface area contributed by atoms with Crippen LogP contribution in [-0.4, -0.2) is 46.1 Å². The summed E-state index contributed by atoms with van der Waals surface area (Å²) in [5, 5.41) is 3.27. The van der Waals surface area contributed by atoms with Crippen molar-refractivity contribution in [1.29, 1.82) is 0 Å². The molecule has 1 N–H and O–H groups in total. The number of rotatable bonds is 13. The summed E-state index contributed by atoms with van der Waals surface area (Å²) in [4.78, 5) is 12.0. The number of methoxy groups -OCH3 is 3. The number of esters is 1. The van der Waals surface area contributed by atoms with E-state index < -0.39 is 19.3 Å². The van der Waals surface area contributed by atoms with E-state index in [0.717, 1.165) is 0 Å². The highest BCUT2D eigenvalue weighted by atomic mass is 31.2. The fourth-order valence-corrected chi connectivity index (χ4v) is 5.70. The summed E-state index contributed by atoms with van der Waals surface area (Å²) in [6.07, 6.45) is -0.755. The first kappa shape index (κ1) is 28.5. The maximum absolute atomic E-state index is 14.3. The largest absolute Gasteiger partial charge is 0.493 e. The molecule has 0 spiro atoms. The molecule has 9 nitrogen and oxygen atoms in total. The number of benzene rings is 2. The van der Waals surface area contributed by atoms with Gasteiger partial charge in [-0.1, -0.05) is 0 Å². The number of carbonyl (C=O) groups excluding carboxylic acids is 1. The molecule has 0 amide bonds. The van der Waals surface area contributed by atoms with E-state index in [9.17, 15) is 9.36 Å². The van der Waals surface area contributed by atoms with Crippen LogP contribution in [0.3, 0.4) is 0 Å². The van der Waals surface area contributed by atoms with Crippen LogP contribution in [0.1, 0.15) is 56.3 Å². The van der Waals surface area contributed by atoms with Crippen molar-refractivity contribution < 1.29 is 37.4 Å². The number of nitrogens with one attached hydrogen (secondary N) is 1. The quantitative estimate of drug-likeness (QED) is 0.256. The SMILES string of the molecule is CCOC(=O)c1ccc(NC(c2cc(OC)c(OC)c(OC)c2)P(=O)(OC(C)C)OC(C)C)cc1. The highest BCUT2D eigenvalue weighted by Gasteiger charge is 2.40. The Bertz CT molecular complexity index is 984. The summed E-state index contributed by atoms with van der Waals surface area (Å²) < 4.78 is 47.6. The van der Waals surface area contributed by atoms with Crippen molar-refractivity contribution in [2.75, 3.05) is 33.3 Å². The van der Waals surface area contributed by atoms with Crippen molar-refractivity contribution in [3.05, 3.63) is 47.5 Å². The van der Waals surface area contributed by atoms with Gasteiger partial charge in [0.05, 0.1) is 45.7 Å². The second-order valence-corrected chi connectivity index (χ2v) is 10.2. The van der Waals surface area contributed by atoms with Crippen molar-refractivity contribution >= 4 is 19.3 Å². The zero-order valence-electron chi connectivity index (χ0n) is 21.6. The van der Waals surface area contributed by atoms with E-state index in [4.69, 9.17) is 28.0 Å². The molecule has 0 bridgehead atoms. The van der Waals surface area contributed by atoms with Gasteiger partial charge < -0.3 is 33.3 Å². The van der Waals surface area contributed by atoms with Crippen molar-refractivity contribution in [2.24, 2.45) is 0 Å². The van der Waals surface area contributed by atoms with Crippen LogP contribution in [-0.2, 0) is 18.3 Å². The second kappa shape index (κ2) is 12.8. The van der Waals surface area contributed by atoms with Gasteiger partial charge in [0.1, 0.15) is 0 Å². The Hall–Kier alpha value is -2.74. The Morgan fingerprint density at radius 2 is 1.40 bits per heavy atom. The van der Waals surface area contributed by atoms with Crippen LogP contribution < -0.4 is 19.5 Å². The maximum Gasteiger partial charge on any atom is 0.357 e. The van der Waals surface area contributed by atoms with E-state index in [1.54, 1.807) is 71.0 Å². The van der Waals surface area contributed by atoms with Crippen LogP contribution in [0.4, 0.5) is 5.69 Å². The van der Waals surface area contributed by atoms with Crippen molar-refractivity contribution in [3.8, 4) is 17.2 Å². The number of ether oxygens (including phenoxy) is 4. The highest BCUT2D eigenvalue weighted by Crippen LogP contribution is 2.63. The molecular formula is C25H36NO8P. The minimum Gasteiger partial charge on any atom is -0.493 e. The smallest absolute Gasteiger partial charge is 0.357 e. The average molecular weight is 510 g/mol. The molecule has 194 valence electrons. The summed E-state index contributed by atoms with van der Waals surface area (Å²) in [6, 6.07) is 10.1. The lowest BCUT2D eigenvalue weighted by Gasteiger charge is -2.31. The number of hydrogen-bond acceptors (Lipinski definition) is 9. The zero-order chi connectivity index (χ0) is 26.2. The molecule has 0 fully saturated rings. The Kier molecular flexibility index (Phi) is 10.4. The summed E-state index contributed by atoms with van der Waals surface area (Å²) in [5.74, 6) is -0.161. The number of carbonyl (C=O) groups is 1. The van der Waals surface area contributed by atoms with E-state index in [1.165, 1.54) is 21.3 Å². The van der Waals surface area contributed by atoms with Gasteiger partial charge in [-0.05, 0) is 76.6 Å². The molecule has 0 saturated carbocycles. The van der Waals surface area contributed by atoms with E-state index in [0.29, 0.717) is 34.1 Å². The van der Waals surface area contributed by atoms with E-state index in [-0.39, 0.29) is 18.8 Å². The third kappa shape index (κ3) is 7.37. The predicted octanol–water partition coefficient (Wildman–Crippen LogP) is 6.04. The van der Waals surface area contributed by atoms with Gasteiger partial charge in [-0.2, -0.15) is 0 Å². The third-order valence-electron chi connectivity index (χ3n) is 4.73. The molecule has 35 heavy (non-hydrogen) atoms. The van der Waals surface area contributed by atoms with Gasteiger partial charge in [-0.3, -0.25) is 4.57 Å². The summed E-state index contributed by atoms with van der Waals surface area (Å²) >= 11 is 0. The fraction of sp³-hybridized carbons (Fsp3) is 0.480. The van der Waals surface area contributed by atoms with Crippen LogP contribution in [0.25, 0.3) is 0 Å². The van der Waals surface area contributed by atoms with Crippen LogP contribution >= 0.6 is 7.60 Å². The predicted molar refractivity (Wildman–Crippen MR) is 135 cm³/mol. The zero-order valence-corrected chi connectivity index (χ0v) is 22.5. The Morgan fingerprint density at radius 1 is 0.886 bits per heavy atom. The molecule has 0 aliphatic heterocycles. The van der Waals surface area contributed by atoms with E-state index in [2.05, 4.69) is 5.32 Å². The maximum atomic E-state index is 14.3. The van der Waals surface area contributed by atoms with Crippen molar-refractivity contribution in [3.63, 3.8) is 0 Å². The number of anilines is 1. The standard InChI is InChI=1S/C25H36NO8P/c1-9-32-25(27)18-10-12-20(13-11-18)26-24(35(28,33-16(2)3)34-17(4)5)19-14-21(29-6)23(31-8)22(15-19)30-7/h10-17,24,26H,9H2,1-8H3. The molecule has 10 heteroatoms. The molecule has 2 aromatic rings. The summed E-state index contributed by atoms with van der Waals surface area (Å²) in [5.41, 5.74) is 1.54. The van der Waals surface area contributed by atoms with Crippen LogP contribution in [0.2, 0.25) is 0 Å². The molecule has 2 rings (SSSR count). The van der Waals surface area contributed by atoms with Gasteiger partial charge in [0.15, 0.2) is 17.3 Å². The lowest BCUT2D eigenvalue weighted by molar-refractivity contribution is 0.0526. The average Bonchev–Trinajstić information content (AvgIpc) is 2.80. The Balaban J connectivity index is 2.63. The van der Waals surface area contributed by atoms with Gasteiger partial charge in [0, 0.05) is 5.69 Å². The first-order valence-corrected chi connectivity index (χ1v) is 13.0. The van der Waals surface area contributed by atoms with Gasteiger partial charge in [-0.15, -0.1) is 0 Å². The molecule has 0 aromatic heterocycles. The Labute approximate surface area is 207 Å². The molecule has 0 radical (unpaired) electrons. The van der Waals surface area contributed by atoms with Gasteiger partial charge in [0.25, 0.3) is 0 Å². The molecule has 1 unspecified atom stereocenters. The van der Waals surface area contributed by atoms with E-state index >= 15 is 0 Å². The van der Waals surface area contributed by atoms with Crippen LogP contribution in [0.5, 0.6) is 17.2 Å². The Morgan fingerprint density at radius 3 is 1.80 bits per heavy atom. The molecule has 0 saturated heterocycles. The summed E-state index contributed by atoms with van der Waals surface area (Å²) in [6.45, 7) is 9.18. The summed E-state index contributed by atoms with van der Waals surface area (Å²) in [7, 11) is 0.713. The normalized spacial score (nSPS) is 12.4. The van der Waals surface area contributed by atoms with Crippen molar-refractivity contribution in [2.45, 2.75) is 52.6 Å². The van der Waals surface area contributed by atoms with Crippen LogP contribution in [0.15, 0.2) is 36.4 Å². The molecular weight excluding hydrogens is 473 g/mol. The molecule has 0 heterocycles. The first-order chi connectivity index (χ1) is 16.6. The minimum atomic E-state index is -3.81. The highest BCUT2D eigenvalue weighted by molar-refractivity contribution is 7.54. The first-order valence-electron chi connectivity index (χ1n) is 11.4. The van der Waals surface area contributed by atoms with Gasteiger partial charge in [-0.25, -0.2) is 4.79 Å². The number of hydrogen-bond donors (Lipinski definition) is 1. The minimum absolute atomic E-state index is 0.282. The van der Waals surface area contributed by atoms with Crippen LogP contribution in [0, 0.1) is 0 Å². The fourth-order valence-electron chi connectivity index (χ4n) is 3.41. The molecule has 0 aliphatic carbocycles. The molecule has 0 aliphatic rings.